The van der Waals surface area contributed by atoms with Gasteiger partial charge in [0.15, 0.2) is 0 Å². The number of hydrogen-bond acceptors (Lipinski definition) is 3. The minimum Gasteiger partial charge on any atom is -0.286 e. The number of pyridine rings is 1. The third-order valence-electron chi connectivity index (χ3n) is 1.65. The fraction of sp³-hybridized carbons (Fsp3) is 0.200. The topological polar surface area (TPSA) is 47.0 Å². The molecule has 0 fully saturated rings. The van der Waals surface area contributed by atoms with Crippen molar-refractivity contribution < 1.29 is 9.59 Å². The molecule has 66 valence electrons. The van der Waals surface area contributed by atoms with E-state index in [4.69, 9.17) is 0 Å². The van der Waals surface area contributed by atoms with Crippen LogP contribution >= 0.6 is 0 Å². The number of aromatic nitrogens is 1. The molecule has 1 rings (SSSR count). The maximum atomic E-state index is 11.4. The predicted octanol–water partition coefficient (Wildman–Crippen LogP) is 1.43. The maximum absolute atomic E-state index is 11.4. The van der Waals surface area contributed by atoms with Crippen LogP contribution in [-0.2, 0) is 4.79 Å². The molecule has 0 bridgehead atoms. The van der Waals surface area contributed by atoms with Crippen molar-refractivity contribution in [2.75, 3.05) is 0 Å². The van der Waals surface area contributed by atoms with E-state index in [1.165, 1.54) is 6.20 Å². The Bertz CT molecular complexity index is 350. The van der Waals surface area contributed by atoms with Crippen LogP contribution < -0.4 is 0 Å². The quantitative estimate of drug-likeness (QED) is 0.396. The van der Waals surface area contributed by atoms with E-state index < -0.39 is 0 Å². The highest BCUT2D eigenvalue weighted by molar-refractivity contribution is 6.11. The van der Waals surface area contributed by atoms with Gasteiger partial charge in [-0.3, -0.25) is 9.78 Å². The van der Waals surface area contributed by atoms with E-state index in [1.807, 2.05) is 0 Å². The number of carbonyl (C=O) groups is 1. The summed E-state index contributed by atoms with van der Waals surface area (Å²) in [4.78, 5) is 25.6. The Labute approximate surface area is 76.1 Å². The molecule has 1 aromatic heterocycles. The van der Waals surface area contributed by atoms with Gasteiger partial charge in [-0.1, -0.05) is 13.0 Å². The molecule has 0 spiro atoms. The molecule has 0 aliphatic carbocycles. The molecule has 3 heteroatoms. The van der Waals surface area contributed by atoms with Crippen molar-refractivity contribution in [1.82, 2.24) is 4.98 Å². The first-order chi connectivity index (χ1) is 6.29. The molecule has 0 saturated heterocycles. The third-order valence-corrected chi connectivity index (χ3v) is 1.65. The van der Waals surface area contributed by atoms with E-state index in [9.17, 15) is 9.59 Å². The maximum Gasteiger partial charge on any atom is 0.218 e. The van der Waals surface area contributed by atoms with E-state index in [1.54, 1.807) is 31.1 Å². The number of nitrogens with zero attached hydrogens (tertiary/aromatic N) is 1. The Balaban J connectivity index is 2.99. The minimum atomic E-state index is -0.335. The molecule has 1 aromatic rings. The highest BCUT2D eigenvalue weighted by atomic mass is 16.1. The fourth-order valence-corrected chi connectivity index (χ4v) is 0.931. The van der Waals surface area contributed by atoms with Crippen molar-refractivity contribution in [3.63, 3.8) is 0 Å². The van der Waals surface area contributed by atoms with Gasteiger partial charge < -0.3 is 0 Å². The van der Waals surface area contributed by atoms with E-state index in [0.29, 0.717) is 12.1 Å². The van der Waals surface area contributed by atoms with Crippen molar-refractivity contribution in [2.45, 2.75) is 13.3 Å². The Kier molecular flexibility index (Phi) is 3.12. The van der Waals surface area contributed by atoms with Crippen LogP contribution in [0.1, 0.15) is 23.8 Å². The largest absolute Gasteiger partial charge is 0.286 e. The highest BCUT2D eigenvalue weighted by Gasteiger charge is 2.11. The molecule has 1 heterocycles. The van der Waals surface area contributed by atoms with Crippen LogP contribution in [0.5, 0.6) is 0 Å². The molecule has 0 amide bonds. The molecule has 0 unspecified atom stereocenters. The zero-order valence-electron chi connectivity index (χ0n) is 7.28. The second-order valence-corrected chi connectivity index (χ2v) is 2.48. The van der Waals surface area contributed by atoms with Gasteiger partial charge >= 0.3 is 0 Å². The summed E-state index contributed by atoms with van der Waals surface area (Å²) in [5, 5.41) is 0. The summed E-state index contributed by atoms with van der Waals surface area (Å²) in [7, 11) is 0. The van der Waals surface area contributed by atoms with Crippen LogP contribution in [-0.4, -0.2) is 16.7 Å². The normalized spacial score (nSPS) is 9.00. The Morgan fingerprint density at radius 2 is 2.31 bits per heavy atom. The summed E-state index contributed by atoms with van der Waals surface area (Å²) >= 11 is 0. The lowest BCUT2D eigenvalue weighted by Gasteiger charge is -1.97. The van der Waals surface area contributed by atoms with Crippen LogP contribution in [0, 0.1) is 0 Å². The van der Waals surface area contributed by atoms with Gasteiger partial charge in [-0.15, -0.1) is 0 Å². The molecular weight excluding hydrogens is 166 g/mol. The lowest BCUT2D eigenvalue weighted by atomic mass is 10.1. The Morgan fingerprint density at radius 3 is 2.77 bits per heavy atom. The lowest BCUT2D eigenvalue weighted by Crippen LogP contribution is -2.05. The summed E-state index contributed by atoms with van der Waals surface area (Å²) in [6, 6.07) is 5.00. The number of carbonyl (C=O) groups excluding carboxylic acids is 2. The van der Waals surface area contributed by atoms with Crippen LogP contribution in [0.15, 0.2) is 30.0 Å². The van der Waals surface area contributed by atoms with E-state index >= 15 is 0 Å². The summed E-state index contributed by atoms with van der Waals surface area (Å²) in [6.45, 7) is 1.74. The first-order valence-electron chi connectivity index (χ1n) is 3.99. The van der Waals surface area contributed by atoms with Crippen LogP contribution in [0.2, 0.25) is 0 Å². The lowest BCUT2D eigenvalue weighted by molar-refractivity contribution is 0.102. The van der Waals surface area contributed by atoms with Crippen LogP contribution in [0.4, 0.5) is 0 Å². The summed E-state index contributed by atoms with van der Waals surface area (Å²) in [5.41, 5.74) is 0.432. The van der Waals surface area contributed by atoms with E-state index in [2.05, 4.69) is 4.98 Å². The second kappa shape index (κ2) is 4.33. The molecule has 0 radical (unpaired) electrons. The number of Topliss-reactive ketones (excluding diaryl/α,β-unsaturated/α-hetero) is 1. The molecule has 0 aliphatic rings. The average Bonchev–Trinajstić information content (AvgIpc) is 2.21. The fourth-order valence-electron chi connectivity index (χ4n) is 0.931. The average molecular weight is 175 g/mol. The molecule has 0 saturated carbocycles. The Morgan fingerprint density at radius 1 is 1.54 bits per heavy atom. The van der Waals surface area contributed by atoms with Crippen molar-refractivity contribution in [2.24, 2.45) is 0 Å². The van der Waals surface area contributed by atoms with Gasteiger partial charge in [0.05, 0.1) is 5.57 Å². The summed E-state index contributed by atoms with van der Waals surface area (Å²) in [6.07, 6.45) is 1.91. The van der Waals surface area contributed by atoms with Crippen molar-refractivity contribution >= 4 is 11.7 Å². The van der Waals surface area contributed by atoms with Gasteiger partial charge in [-0.05, 0) is 18.6 Å². The smallest absolute Gasteiger partial charge is 0.218 e. The van der Waals surface area contributed by atoms with Crippen LogP contribution in [0.25, 0.3) is 0 Å². The van der Waals surface area contributed by atoms with E-state index in [0.717, 1.165) is 0 Å². The third kappa shape index (κ3) is 2.10. The zero-order valence-corrected chi connectivity index (χ0v) is 7.28. The summed E-state index contributed by atoms with van der Waals surface area (Å²) in [5.74, 6) is 1.29. The number of allylic oxidation sites excluding steroid dienone is 1. The van der Waals surface area contributed by atoms with Crippen molar-refractivity contribution in [1.29, 1.82) is 0 Å². The summed E-state index contributed by atoms with van der Waals surface area (Å²) < 4.78 is 0. The van der Waals surface area contributed by atoms with Gasteiger partial charge in [0, 0.05) is 6.20 Å². The minimum absolute atomic E-state index is 0.138. The molecule has 0 aromatic carbocycles. The monoisotopic (exact) mass is 175 g/mol. The van der Waals surface area contributed by atoms with Crippen molar-refractivity contribution in [3.05, 3.63) is 35.7 Å². The van der Waals surface area contributed by atoms with Crippen LogP contribution in [0.3, 0.4) is 0 Å². The zero-order chi connectivity index (χ0) is 9.68. The van der Waals surface area contributed by atoms with E-state index in [-0.39, 0.29) is 11.4 Å². The van der Waals surface area contributed by atoms with Gasteiger partial charge in [0.2, 0.25) is 5.78 Å². The number of rotatable bonds is 3. The first-order valence-corrected chi connectivity index (χ1v) is 3.99. The standard InChI is InChI=1S/C10H9NO2/c1-2-8(7-12)10(13)9-5-3-4-6-11-9/h3-6H,2H2,1H3. The van der Waals surface area contributed by atoms with Gasteiger partial charge in [-0.2, -0.15) is 0 Å². The predicted molar refractivity (Wildman–Crippen MR) is 48.1 cm³/mol. The molecule has 3 nitrogen and oxygen atoms in total. The molecule has 13 heavy (non-hydrogen) atoms. The first kappa shape index (κ1) is 9.36. The Hall–Kier alpha value is -1.73. The molecule has 0 N–H and O–H groups in total. The SMILES string of the molecule is CCC(=C=O)C(=O)c1ccccn1. The van der Waals surface area contributed by atoms with Gasteiger partial charge in [0.1, 0.15) is 11.6 Å². The van der Waals surface area contributed by atoms with Crippen molar-refractivity contribution in [3.8, 4) is 0 Å². The molecule has 0 aliphatic heterocycles. The van der Waals surface area contributed by atoms with Gasteiger partial charge in [-0.25, -0.2) is 4.79 Å². The number of hydrogen-bond donors (Lipinski definition) is 0. The second-order valence-electron chi connectivity index (χ2n) is 2.48. The number of ketones is 1. The molecular formula is C10H9NO2. The molecule has 0 atom stereocenters. The van der Waals surface area contributed by atoms with Gasteiger partial charge in [0.25, 0.3) is 0 Å². The highest BCUT2D eigenvalue weighted by Crippen LogP contribution is 2.05.